The van der Waals surface area contributed by atoms with Gasteiger partial charge in [-0.3, -0.25) is 18.6 Å². The summed E-state index contributed by atoms with van der Waals surface area (Å²) in [6.07, 6.45) is 1.10. The standard InChI is InChI=1S/C24H32F3N3O5S/c1-13(23(2,3)32)30-19-9-14(21(31)28-24(4)11-36(33,34)12-24)5-7-16(19)20(29-30)17-10-15(35-22(26)27)6-8-18(17)25/h6,8,10,13-14,22,32-34H,5,7,9,11-12H2,1-4H3,(H,28,31)/t13?,14-/m1/s1. The maximum atomic E-state index is 14.9. The maximum Gasteiger partial charge on any atom is 0.387 e. The van der Waals surface area contributed by atoms with E-state index in [1.807, 2.05) is 0 Å². The molecule has 1 aromatic carbocycles. The van der Waals surface area contributed by atoms with E-state index in [4.69, 9.17) is 0 Å². The van der Waals surface area contributed by atoms with E-state index in [9.17, 15) is 32.2 Å². The fourth-order valence-corrected chi connectivity index (χ4v) is 7.11. The molecule has 200 valence electrons. The van der Waals surface area contributed by atoms with Crippen LogP contribution in [0.2, 0.25) is 0 Å². The molecule has 1 saturated heterocycles. The van der Waals surface area contributed by atoms with Crippen molar-refractivity contribution in [3.8, 4) is 17.0 Å². The van der Waals surface area contributed by atoms with E-state index >= 15 is 0 Å². The Balaban J connectivity index is 1.69. The first-order valence-electron chi connectivity index (χ1n) is 11.7. The summed E-state index contributed by atoms with van der Waals surface area (Å²) in [5.74, 6) is -1.30. The van der Waals surface area contributed by atoms with Crippen molar-refractivity contribution in [2.75, 3.05) is 11.5 Å². The summed E-state index contributed by atoms with van der Waals surface area (Å²) < 4.78 is 65.9. The van der Waals surface area contributed by atoms with Crippen LogP contribution in [0.15, 0.2) is 18.2 Å². The van der Waals surface area contributed by atoms with Gasteiger partial charge in [0.2, 0.25) is 5.91 Å². The monoisotopic (exact) mass is 531 g/mol. The lowest BCUT2D eigenvalue weighted by molar-refractivity contribution is -0.126. The van der Waals surface area contributed by atoms with Crippen LogP contribution in [-0.4, -0.2) is 59.2 Å². The van der Waals surface area contributed by atoms with Gasteiger partial charge in [0.25, 0.3) is 0 Å². The van der Waals surface area contributed by atoms with Crippen molar-refractivity contribution in [3.05, 3.63) is 35.3 Å². The van der Waals surface area contributed by atoms with E-state index in [-0.39, 0.29) is 40.8 Å². The van der Waals surface area contributed by atoms with E-state index in [0.717, 1.165) is 12.1 Å². The maximum absolute atomic E-state index is 14.9. The Morgan fingerprint density at radius 1 is 1.33 bits per heavy atom. The second kappa shape index (κ2) is 9.23. The average molecular weight is 532 g/mol. The zero-order chi connectivity index (χ0) is 26.6. The number of carbonyl (C=O) groups is 1. The van der Waals surface area contributed by atoms with E-state index in [1.54, 1.807) is 32.4 Å². The molecule has 1 aliphatic heterocycles. The molecule has 0 bridgehead atoms. The molecule has 0 saturated carbocycles. The van der Waals surface area contributed by atoms with Gasteiger partial charge in [-0.1, -0.05) is 0 Å². The first kappa shape index (κ1) is 26.8. The highest BCUT2D eigenvalue weighted by Crippen LogP contribution is 2.54. The molecule has 1 aliphatic carbocycles. The number of hydrogen-bond donors (Lipinski definition) is 4. The Bertz CT molecular complexity index is 1160. The van der Waals surface area contributed by atoms with Gasteiger partial charge in [-0.25, -0.2) is 4.39 Å². The molecule has 2 aliphatic rings. The molecule has 2 atom stereocenters. The number of rotatable bonds is 7. The lowest BCUT2D eigenvalue weighted by Crippen LogP contribution is -2.62. The average Bonchev–Trinajstić information content (AvgIpc) is 3.10. The number of nitrogens with one attached hydrogen (secondary N) is 1. The van der Waals surface area contributed by atoms with Crippen LogP contribution in [0.25, 0.3) is 11.3 Å². The number of aromatic nitrogens is 2. The molecule has 4 N–H and O–H groups in total. The number of carbonyl (C=O) groups excluding carboxylic acids is 1. The number of halogens is 3. The zero-order valence-electron chi connectivity index (χ0n) is 20.6. The molecule has 8 nitrogen and oxygen atoms in total. The highest BCUT2D eigenvalue weighted by atomic mass is 32.3. The van der Waals surface area contributed by atoms with Crippen molar-refractivity contribution in [2.45, 2.75) is 70.8 Å². The molecule has 0 spiro atoms. The molecule has 1 unspecified atom stereocenters. The molecule has 1 amide bonds. The van der Waals surface area contributed by atoms with Gasteiger partial charge in [0.1, 0.15) is 11.6 Å². The van der Waals surface area contributed by atoms with Gasteiger partial charge in [-0.2, -0.15) is 24.5 Å². The third-order valence-corrected chi connectivity index (χ3v) is 9.20. The number of alkyl halides is 2. The van der Waals surface area contributed by atoms with Crippen LogP contribution in [0.1, 0.15) is 51.4 Å². The lowest BCUT2D eigenvalue weighted by Gasteiger charge is -2.54. The van der Waals surface area contributed by atoms with Gasteiger partial charge in [-0.05, 0) is 58.7 Å². The second-order valence-corrected chi connectivity index (χ2v) is 12.8. The Hall–Kier alpha value is -2.28. The normalized spacial score (nSPS) is 22.4. The van der Waals surface area contributed by atoms with E-state index in [2.05, 4.69) is 15.2 Å². The van der Waals surface area contributed by atoms with Gasteiger partial charge in [0.15, 0.2) is 0 Å². The number of benzene rings is 1. The van der Waals surface area contributed by atoms with Gasteiger partial charge in [-0.15, -0.1) is 0 Å². The van der Waals surface area contributed by atoms with E-state index in [0.29, 0.717) is 24.1 Å². The van der Waals surface area contributed by atoms with Crippen LogP contribution in [0.4, 0.5) is 13.2 Å². The fourth-order valence-electron chi connectivity index (χ4n) is 5.01. The van der Waals surface area contributed by atoms with Crippen molar-refractivity contribution in [1.29, 1.82) is 0 Å². The summed E-state index contributed by atoms with van der Waals surface area (Å²) >= 11 is 0. The molecule has 2 aromatic rings. The first-order chi connectivity index (χ1) is 16.6. The molecule has 1 fully saturated rings. The van der Waals surface area contributed by atoms with Crippen molar-refractivity contribution >= 4 is 16.5 Å². The minimum atomic E-state index is -3.06. The SMILES string of the molecule is CC(n1nc(-c2cc(OC(F)F)ccc2F)c2c1C[C@H](C(=O)NC1(C)CS(O)(O)C1)CC2)C(C)(C)O. The molecule has 2 heterocycles. The van der Waals surface area contributed by atoms with E-state index in [1.165, 1.54) is 6.07 Å². The van der Waals surface area contributed by atoms with Crippen LogP contribution >= 0.6 is 10.6 Å². The molecule has 36 heavy (non-hydrogen) atoms. The smallest absolute Gasteiger partial charge is 0.387 e. The van der Waals surface area contributed by atoms with Gasteiger partial charge in [0.05, 0.1) is 34.4 Å². The third kappa shape index (κ3) is 5.36. The number of ether oxygens (including phenoxy) is 1. The summed E-state index contributed by atoms with van der Waals surface area (Å²) in [5, 5.41) is 18.2. The lowest BCUT2D eigenvalue weighted by atomic mass is 9.84. The topological polar surface area (TPSA) is 117 Å². The zero-order valence-corrected chi connectivity index (χ0v) is 21.4. The van der Waals surface area contributed by atoms with E-state index < -0.39 is 46.1 Å². The molecular formula is C24H32F3N3O5S. The predicted octanol–water partition coefficient (Wildman–Crippen LogP) is 4.37. The van der Waals surface area contributed by atoms with Gasteiger partial charge >= 0.3 is 6.61 Å². The number of nitrogens with zero attached hydrogens (tertiary/aromatic N) is 2. The fraction of sp³-hybridized carbons (Fsp3) is 0.583. The van der Waals surface area contributed by atoms with Gasteiger partial charge in [0, 0.05) is 29.2 Å². The Morgan fingerprint density at radius 3 is 2.58 bits per heavy atom. The quantitative estimate of drug-likeness (QED) is 0.422. The number of amides is 1. The summed E-state index contributed by atoms with van der Waals surface area (Å²) in [6, 6.07) is 2.80. The summed E-state index contributed by atoms with van der Waals surface area (Å²) in [7, 11) is -2.64. The minimum absolute atomic E-state index is 0.00110. The van der Waals surface area contributed by atoms with Crippen LogP contribution in [0.3, 0.4) is 0 Å². The summed E-state index contributed by atoms with van der Waals surface area (Å²) in [5.41, 5.74) is -0.269. The third-order valence-electron chi connectivity index (χ3n) is 7.00. The summed E-state index contributed by atoms with van der Waals surface area (Å²) in [6.45, 7) is 3.70. The molecule has 1 aromatic heterocycles. The molecule has 0 radical (unpaired) electrons. The van der Waals surface area contributed by atoms with Crippen molar-refractivity contribution in [2.24, 2.45) is 5.92 Å². The Morgan fingerprint density at radius 2 is 2.00 bits per heavy atom. The minimum Gasteiger partial charge on any atom is -0.435 e. The largest absolute Gasteiger partial charge is 0.435 e. The highest BCUT2D eigenvalue weighted by Gasteiger charge is 2.47. The van der Waals surface area contributed by atoms with Crippen LogP contribution in [-0.2, 0) is 17.6 Å². The summed E-state index contributed by atoms with van der Waals surface area (Å²) in [4.78, 5) is 13.1. The molecule has 12 heteroatoms. The van der Waals surface area contributed by atoms with Crippen molar-refractivity contribution < 1.29 is 36.9 Å². The van der Waals surface area contributed by atoms with Crippen LogP contribution in [0.5, 0.6) is 5.75 Å². The number of fused-ring (bicyclic) bond motifs is 1. The Labute approximate surface area is 209 Å². The number of aliphatic hydroxyl groups is 1. The van der Waals surface area contributed by atoms with Crippen LogP contribution in [0, 0.1) is 11.7 Å². The Kier molecular flexibility index (Phi) is 6.87. The molecular weight excluding hydrogens is 499 g/mol. The highest BCUT2D eigenvalue weighted by molar-refractivity contribution is 8.25. The van der Waals surface area contributed by atoms with Crippen molar-refractivity contribution in [3.63, 3.8) is 0 Å². The van der Waals surface area contributed by atoms with Crippen LogP contribution < -0.4 is 10.1 Å². The van der Waals surface area contributed by atoms with Gasteiger partial charge < -0.3 is 15.2 Å². The predicted molar refractivity (Wildman–Crippen MR) is 130 cm³/mol. The van der Waals surface area contributed by atoms with Crippen molar-refractivity contribution in [1.82, 2.24) is 15.1 Å². The second-order valence-electron chi connectivity index (χ2n) is 10.6. The molecule has 4 rings (SSSR count). The first-order valence-corrected chi connectivity index (χ1v) is 13.6. The number of hydrogen-bond acceptors (Lipinski definition) is 6.